The van der Waals surface area contributed by atoms with Crippen molar-refractivity contribution in [3.8, 4) is 11.3 Å². The number of amides is 1. The molecule has 0 bridgehead atoms. The molecule has 7 nitrogen and oxygen atoms in total. The molecule has 0 spiro atoms. The molecule has 0 aliphatic carbocycles. The molecular weight excluding hydrogens is 356 g/mol. The quantitative estimate of drug-likeness (QED) is 0.752. The average molecular weight is 378 g/mol. The number of aliphatic hydroxyl groups excluding tert-OH is 1. The molecule has 144 valence electrons. The molecule has 1 N–H and O–H groups in total. The van der Waals surface area contributed by atoms with Crippen LogP contribution >= 0.6 is 0 Å². The fourth-order valence-corrected chi connectivity index (χ4v) is 3.46. The molecule has 1 aliphatic heterocycles. The Morgan fingerprint density at radius 1 is 1.11 bits per heavy atom. The summed E-state index contributed by atoms with van der Waals surface area (Å²) < 4.78 is 5.33. The van der Waals surface area contributed by atoms with E-state index in [4.69, 9.17) is 4.52 Å². The Balaban J connectivity index is 1.58. The molecule has 4 rings (SSSR count). The lowest BCUT2D eigenvalue weighted by molar-refractivity contribution is 0.0735. The average Bonchev–Trinajstić information content (AvgIpc) is 3.20. The smallest absolute Gasteiger partial charge is 0.259 e. The van der Waals surface area contributed by atoms with Crippen molar-refractivity contribution in [2.24, 2.45) is 0 Å². The minimum Gasteiger partial charge on any atom is -0.385 e. The van der Waals surface area contributed by atoms with Crippen LogP contribution in [-0.2, 0) is 0 Å². The molecule has 0 radical (unpaired) electrons. The third kappa shape index (κ3) is 3.48. The molecule has 1 atom stereocenters. The summed E-state index contributed by atoms with van der Waals surface area (Å²) in [6.45, 7) is 4.23. The van der Waals surface area contributed by atoms with Crippen LogP contribution in [0.3, 0.4) is 0 Å². The minimum atomic E-state index is -0.928. The first-order valence-corrected chi connectivity index (χ1v) is 9.32. The van der Waals surface area contributed by atoms with Gasteiger partial charge in [-0.15, -0.1) is 0 Å². The van der Waals surface area contributed by atoms with Crippen molar-refractivity contribution in [2.45, 2.75) is 13.0 Å². The zero-order chi connectivity index (χ0) is 19.5. The van der Waals surface area contributed by atoms with E-state index in [1.54, 1.807) is 30.3 Å². The molecule has 3 aromatic rings. The summed E-state index contributed by atoms with van der Waals surface area (Å²) in [6.07, 6.45) is 2.36. The zero-order valence-electron chi connectivity index (χ0n) is 15.7. The molecule has 1 fully saturated rings. The molecule has 1 saturated heterocycles. The van der Waals surface area contributed by atoms with E-state index >= 15 is 0 Å². The fraction of sp³-hybridized carbons (Fsp3) is 0.286. The van der Waals surface area contributed by atoms with Gasteiger partial charge in [-0.2, -0.15) is 0 Å². The number of hydrogen-bond acceptors (Lipinski definition) is 6. The van der Waals surface area contributed by atoms with Gasteiger partial charge in [0.1, 0.15) is 17.4 Å². The molecule has 3 heterocycles. The third-order valence-corrected chi connectivity index (χ3v) is 4.93. The Labute approximate surface area is 163 Å². The maximum absolute atomic E-state index is 13.3. The zero-order valence-corrected chi connectivity index (χ0v) is 15.7. The maximum Gasteiger partial charge on any atom is 0.259 e. The number of nitrogens with zero attached hydrogens (tertiary/aromatic N) is 4. The summed E-state index contributed by atoms with van der Waals surface area (Å²) in [5.41, 5.74) is 2.57. The first kappa shape index (κ1) is 18.2. The van der Waals surface area contributed by atoms with Crippen molar-refractivity contribution >= 4 is 11.6 Å². The molecule has 2 aromatic heterocycles. The van der Waals surface area contributed by atoms with Crippen LogP contribution in [-0.4, -0.2) is 52.2 Å². The molecule has 1 amide bonds. The van der Waals surface area contributed by atoms with E-state index in [-0.39, 0.29) is 11.7 Å². The van der Waals surface area contributed by atoms with Gasteiger partial charge in [0.2, 0.25) is 0 Å². The molecule has 1 aliphatic rings. The Kier molecular flexibility index (Phi) is 5.08. The van der Waals surface area contributed by atoms with Crippen LogP contribution in [0, 0.1) is 0 Å². The first-order valence-electron chi connectivity index (χ1n) is 9.32. The molecule has 1 unspecified atom stereocenters. The predicted molar refractivity (Wildman–Crippen MR) is 105 cm³/mol. The van der Waals surface area contributed by atoms with Crippen LogP contribution in [0.4, 0.5) is 5.69 Å². The highest BCUT2D eigenvalue weighted by Crippen LogP contribution is 2.30. The third-order valence-electron chi connectivity index (χ3n) is 4.93. The summed E-state index contributed by atoms with van der Waals surface area (Å²) in [5.74, 6) is 0.0121. The van der Waals surface area contributed by atoms with Crippen molar-refractivity contribution in [1.29, 1.82) is 0 Å². The van der Waals surface area contributed by atoms with Crippen molar-refractivity contribution < 1.29 is 14.4 Å². The lowest BCUT2D eigenvalue weighted by Gasteiger charge is -2.36. The maximum atomic E-state index is 13.3. The van der Waals surface area contributed by atoms with Gasteiger partial charge in [0.15, 0.2) is 5.76 Å². The Hall–Kier alpha value is -3.19. The second kappa shape index (κ2) is 7.82. The van der Waals surface area contributed by atoms with E-state index < -0.39 is 6.10 Å². The largest absolute Gasteiger partial charge is 0.385 e. The fourth-order valence-electron chi connectivity index (χ4n) is 3.46. The van der Waals surface area contributed by atoms with Gasteiger partial charge in [0.05, 0.1) is 0 Å². The number of pyridine rings is 1. The first-order chi connectivity index (χ1) is 13.6. The number of carbonyl (C=O) groups excluding carboxylic acids is 1. The SMILES string of the molecule is CC(O)c1onc(-c2cccnc2)c1C(=O)N1CCN(c2ccccc2)CC1. The Morgan fingerprint density at radius 3 is 2.50 bits per heavy atom. The van der Waals surface area contributed by atoms with Gasteiger partial charge < -0.3 is 19.4 Å². The van der Waals surface area contributed by atoms with Crippen molar-refractivity contribution in [2.75, 3.05) is 31.1 Å². The van der Waals surface area contributed by atoms with Crippen LogP contribution in [0.15, 0.2) is 59.4 Å². The van der Waals surface area contributed by atoms with E-state index in [0.717, 1.165) is 18.8 Å². The highest BCUT2D eigenvalue weighted by Gasteiger charge is 2.31. The number of carbonyl (C=O) groups is 1. The monoisotopic (exact) mass is 378 g/mol. The number of para-hydroxylation sites is 1. The number of aliphatic hydroxyl groups is 1. The summed E-state index contributed by atoms with van der Waals surface area (Å²) in [4.78, 5) is 21.4. The van der Waals surface area contributed by atoms with Gasteiger partial charge >= 0.3 is 0 Å². The number of aromatic nitrogens is 2. The molecule has 1 aromatic carbocycles. The van der Waals surface area contributed by atoms with Crippen molar-refractivity contribution in [3.63, 3.8) is 0 Å². The van der Waals surface area contributed by atoms with Gasteiger partial charge in [-0.1, -0.05) is 23.4 Å². The summed E-state index contributed by atoms with van der Waals surface area (Å²) >= 11 is 0. The lowest BCUT2D eigenvalue weighted by atomic mass is 10.0. The molecule has 28 heavy (non-hydrogen) atoms. The summed E-state index contributed by atoms with van der Waals surface area (Å²) in [6, 6.07) is 13.8. The van der Waals surface area contributed by atoms with Gasteiger partial charge in [0.25, 0.3) is 5.91 Å². The summed E-state index contributed by atoms with van der Waals surface area (Å²) in [5, 5.41) is 14.1. The van der Waals surface area contributed by atoms with E-state index in [9.17, 15) is 9.90 Å². The van der Waals surface area contributed by atoms with Gasteiger partial charge in [0, 0.05) is 49.8 Å². The number of piperazine rings is 1. The second-order valence-corrected chi connectivity index (χ2v) is 6.80. The lowest BCUT2D eigenvalue weighted by Crippen LogP contribution is -2.49. The van der Waals surface area contributed by atoms with E-state index in [1.165, 1.54) is 0 Å². The number of anilines is 1. The predicted octanol–water partition coefficient (Wildman–Crippen LogP) is 2.75. The van der Waals surface area contributed by atoms with Crippen LogP contribution in [0.5, 0.6) is 0 Å². The molecule has 0 saturated carbocycles. The van der Waals surface area contributed by atoms with Gasteiger partial charge in [-0.3, -0.25) is 9.78 Å². The van der Waals surface area contributed by atoms with Crippen molar-refractivity contribution in [1.82, 2.24) is 15.0 Å². The molecule has 7 heteroatoms. The van der Waals surface area contributed by atoms with E-state index in [1.807, 2.05) is 24.3 Å². The minimum absolute atomic E-state index is 0.177. The highest BCUT2D eigenvalue weighted by molar-refractivity contribution is 6.01. The Morgan fingerprint density at radius 2 is 1.86 bits per heavy atom. The van der Waals surface area contributed by atoms with Crippen LogP contribution < -0.4 is 4.90 Å². The topological polar surface area (TPSA) is 82.7 Å². The van der Waals surface area contributed by atoms with E-state index in [2.05, 4.69) is 27.2 Å². The van der Waals surface area contributed by atoms with Crippen molar-refractivity contribution in [3.05, 3.63) is 66.2 Å². The second-order valence-electron chi connectivity index (χ2n) is 6.80. The summed E-state index contributed by atoms with van der Waals surface area (Å²) in [7, 11) is 0. The van der Waals surface area contributed by atoms with Crippen LogP contribution in [0.25, 0.3) is 11.3 Å². The number of benzene rings is 1. The normalized spacial score (nSPS) is 15.5. The highest BCUT2D eigenvalue weighted by atomic mass is 16.5. The molecular formula is C21H22N4O3. The van der Waals surface area contributed by atoms with Gasteiger partial charge in [-0.05, 0) is 31.2 Å². The standard InChI is InChI=1S/C21H22N4O3/c1-15(26)20-18(19(23-28-20)16-6-5-9-22-14-16)21(27)25-12-10-24(11-13-25)17-7-3-2-4-8-17/h2-9,14-15,26H,10-13H2,1H3. The van der Waals surface area contributed by atoms with E-state index in [0.29, 0.717) is 29.9 Å². The van der Waals surface area contributed by atoms with Crippen LogP contribution in [0.1, 0.15) is 29.1 Å². The number of rotatable bonds is 4. The Bertz CT molecular complexity index is 933. The number of hydrogen-bond donors (Lipinski definition) is 1. The van der Waals surface area contributed by atoms with Crippen LogP contribution in [0.2, 0.25) is 0 Å². The van der Waals surface area contributed by atoms with Gasteiger partial charge in [-0.25, -0.2) is 0 Å².